The topological polar surface area (TPSA) is 92.7 Å². The highest BCUT2D eigenvalue weighted by atomic mass is 32.1. The number of hydrogen-bond donors (Lipinski definition) is 2. The SMILES string of the molecule is COC(=O)c1sccc1NC(=O)[C@@H]1C[C@@H]1C(=O)O. The predicted molar refractivity (Wildman–Crippen MR) is 63.5 cm³/mol. The molecule has 1 aromatic heterocycles. The first-order valence-corrected chi connectivity index (χ1v) is 6.12. The molecule has 1 amide bonds. The van der Waals surface area contributed by atoms with E-state index in [9.17, 15) is 14.4 Å². The maximum atomic E-state index is 11.7. The van der Waals surface area contributed by atoms with E-state index in [-0.39, 0.29) is 5.91 Å². The van der Waals surface area contributed by atoms with Crippen molar-refractivity contribution in [3.05, 3.63) is 16.3 Å². The van der Waals surface area contributed by atoms with Gasteiger partial charge < -0.3 is 15.2 Å². The zero-order valence-electron chi connectivity index (χ0n) is 9.50. The average Bonchev–Trinajstić information content (AvgIpc) is 3.03. The van der Waals surface area contributed by atoms with E-state index in [1.807, 2.05) is 0 Å². The molecule has 1 fully saturated rings. The average molecular weight is 269 g/mol. The molecule has 1 aliphatic carbocycles. The molecule has 0 spiro atoms. The van der Waals surface area contributed by atoms with Crippen molar-refractivity contribution in [2.75, 3.05) is 12.4 Å². The molecule has 0 aliphatic heterocycles. The first-order valence-electron chi connectivity index (χ1n) is 5.24. The van der Waals surface area contributed by atoms with Crippen LogP contribution in [0, 0.1) is 11.8 Å². The van der Waals surface area contributed by atoms with Gasteiger partial charge in [0.15, 0.2) is 0 Å². The van der Waals surface area contributed by atoms with Crippen molar-refractivity contribution in [3.63, 3.8) is 0 Å². The van der Waals surface area contributed by atoms with Crippen molar-refractivity contribution in [3.8, 4) is 0 Å². The number of carbonyl (C=O) groups is 3. The van der Waals surface area contributed by atoms with Gasteiger partial charge in [0.25, 0.3) is 0 Å². The van der Waals surface area contributed by atoms with Crippen molar-refractivity contribution >= 4 is 34.9 Å². The van der Waals surface area contributed by atoms with Crippen LogP contribution >= 0.6 is 11.3 Å². The van der Waals surface area contributed by atoms with Crippen LogP contribution in [0.2, 0.25) is 0 Å². The second kappa shape index (κ2) is 4.77. The van der Waals surface area contributed by atoms with E-state index in [1.165, 1.54) is 7.11 Å². The largest absolute Gasteiger partial charge is 0.481 e. The lowest BCUT2D eigenvalue weighted by molar-refractivity contribution is -0.139. The molecule has 2 atom stereocenters. The zero-order valence-corrected chi connectivity index (χ0v) is 10.3. The van der Waals surface area contributed by atoms with Crippen LogP contribution < -0.4 is 5.32 Å². The predicted octanol–water partition coefficient (Wildman–Crippen LogP) is 1.19. The number of carbonyl (C=O) groups excluding carboxylic acids is 2. The first-order chi connectivity index (χ1) is 8.54. The monoisotopic (exact) mass is 269 g/mol. The number of anilines is 1. The summed E-state index contributed by atoms with van der Waals surface area (Å²) in [4.78, 5) is 34.1. The zero-order chi connectivity index (χ0) is 13.3. The van der Waals surface area contributed by atoms with Gasteiger partial charge in [-0.2, -0.15) is 0 Å². The van der Waals surface area contributed by atoms with Crippen LogP contribution in [0.15, 0.2) is 11.4 Å². The second-order valence-electron chi connectivity index (χ2n) is 3.93. The van der Waals surface area contributed by atoms with Gasteiger partial charge in [-0.15, -0.1) is 11.3 Å². The first kappa shape index (κ1) is 12.6. The number of ether oxygens (including phenoxy) is 1. The van der Waals surface area contributed by atoms with Crippen LogP contribution in [0.5, 0.6) is 0 Å². The van der Waals surface area contributed by atoms with Crippen LogP contribution in [0.3, 0.4) is 0 Å². The van der Waals surface area contributed by atoms with E-state index in [0.29, 0.717) is 17.0 Å². The molecule has 18 heavy (non-hydrogen) atoms. The molecule has 0 saturated heterocycles. The number of amides is 1. The fourth-order valence-electron chi connectivity index (χ4n) is 1.64. The van der Waals surface area contributed by atoms with Gasteiger partial charge >= 0.3 is 11.9 Å². The Hall–Kier alpha value is -1.89. The van der Waals surface area contributed by atoms with Gasteiger partial charge in [-0.1, -0.05) is 0 Å². The molecule has 1 saturated carbocycles. The molecule has 1 heterocycles. The Labute approximate surface area is 107 Å². The van der Waals surface area contributed by atoms with E-state index in [1.54, 1.807) is 11.4 Å². The number of aliphatic carboxylic acids is 1. The minimum Gasteiger partial charge on any atom is -0.481 e. The highest BCUT2D eigenvalue weighted by Gasteiger charge is 2.48. The number of carboxylic acids is 1. The molecule has 6 nitrogen and oxygen atoms in total. The maximum absolute atomic E-state index is 11.7. The van der Waals surface area contributed by atoms with Crippen molar-refractivity contribution in [2.24, 2.45) is 11.8 Å². The molecule has 1 aromatic rings. The highest BCUT2D eigenvalue weighted by Crippen LogP contribution is 2.39. The summed E-state index contributed by atoms with van der Waals surface area (Å²) in [6.07, 6.45) is 0.346. The summed E-state index contributed by atoms with van der Waals surface area (Å²) in [5, 5.41) is 12.9. The third kappa shape index (κ3) is 2.35. The molecule has 1 aliphatic rings. The van der Waals surface area contributed by atoms with Gasteiger partial charge in [0.2, 0.25) is 5.91 Å². The van der Waals surface area contributed by atoms with E-state index < -0.39 is 23.8 Å². The quantitative estimate of drug-likeness (QED) is 0.801. The van der Waals surface area contributed by atoms with Crippen LogP contribution in [0.25, 0.3) is 0 Å². The number of carboxylic acid groups (broad SMARTS) is 1. The van der Waals surface area contributed by atoms with Gasteiger partial charge in [0.1, 0.15) is 4.88 Å². The Kier molecular flexibility index (Phi) is 3.33. The van der Waals surface area contributed by atoms with Gasteiger partial charge in [-0.3, -0.25) is 9.59 Å². The van der Waals surface area contributed by atoms with Gasteiger partial charge in [0, 0.05) is 0 Å². The van der Waals surface area contributed by atoms with Crippen molar-refractivity contribution < 1.29 is 24.2 Å². The van der Waals surface area contributed by atoms with E-state index >= 15 is 0 Å². The minimum atomic E-state index is -0.964. The van der Waals surface area contributed by atoms with Crippen LogP contribution in [0.4, 0.5) is 5.69 Å². The second-order valence-corrected chi connectivity index (χ2v) is 4.85. The summed E-state index contributed by atoms with van der Waals surface area (Å²) in [6, 6.07) is 1.59. The van der Waals surface area contributed by atoms with E-state index in [0.717, 1.165) is 11.3 Å². The number of rotatable bonds is 4. The standard InChI is InChI=1S/C11H11NO5S/c1-17-11(16)8-7(2-3-18-8)12-9(13)5-4-6(5)10(14)15/h2-3,5-6H,4H2,1H3,(H,12,13)(H,14,15)/t5-,6+/m1/s1. The van der Waals surface area contributed by atoms with Gasteiger partial charge in [-0.25, -0.2) is 4.79 Å². The van der Waals surface area contributed by atoms with Gasteiger partial charge in [0.05, 0.1) is 24.6 Å². The maximum Gasteiger partial charge on any atom is 0.350 e. The summed E-state index contributed by atoms with van der Waals surface area (Å²) in [6.45, 7) is 0. The fraction of sp³-hybridized carbons (Fsp3) is 0.364. The normalized spacial score (nSPS) is 21.2. The number of thiophene rings is 1. The summed E-state index contributed by atoms with van der Waals surface area (Å²) in [7, 11) is 1.26. The number of nitrogens with one attached hydrogen (secondary N) is 1. The minimum absolute atomic E-state index is 0.304. The van der Waals surface area contributed by atoms with Crippen LogP contribution in [-0.2, 0) is 14.3 Å². The van der Waals surface area contributed by atoms with E-state index in [2.05, 4.69) is 10.1 Å². The lowest BCUT2D eigenvalue weighted by Gasteiger charge is -2.04. The smallest absolute Gasteiger partial charge is 0.350 e. The summed E-state index contributed by atoms with van der Waals surface area (Å²) in [5.74, 6) is -2.97. The lowest BCUT2D eigenvalue weighted by Crippen LogP contribution is -2.18. The van der Waals surface area contributed by atoms with Crippen molar-refractivity contribution in [1.29, 1.82) is 0 Å². The third-order valence-electron chi connectivity index (χ3n) is 2.74. The molecule has 2 N–H and O–H groups in total. The molecule has 0 unspecified atom stereocenters. The molecule has 0 radical (unpaired) electrons. The Bertz CT molecular complexity index is 509. The Morgan fingerprint density at radius 1 is 1.44 bits per heavy atom. The molecule has 0 bridgehead atoms. The Morgan fingerprint density at radius 3 is 2.72 bits per heavy atom. The number of methoxy groups -OCH3 is 1. The third-order valence-corrected chi connectivity index (χ3v) is 3.63. The molecular weight excluding hydrogens is 258 g/mol. The van der Waals surface area contributed by atoms with Gasteiger partial charge in [-0.05, 0) is 17.9 Å². The summed E-state index contributed by atoms with van der Waals surface area (Å²) in [5.41, 5.74) is 0.368. The molecule has 0 aromatic carbocycles. The summed E-state index contributed by atoms with van der Waals surface area (Å²) < 4.78 is 4.58. The molecule has 7 heteroatoms. The van der Waals surface area contributed by atoms with Crippen molar-refractivity contribution in [1.82, 2.24) is 0 Å². The fourth-order valence-corrected chi connectivity index (χ4v) is 2.41. The molecular formula is C11H11NO5S. The molecule has 2 rings (SSSR count). The van der Waals surface area contributed by atoms with E-state index in [4.69, 9.17) is 5.11 Å². The number of esters is 1. The highest BCUT2D eigenvalue weighted by molar-refractivity contribution is 7.12. The van der Waals surface area contributed by atoms with Crippen molar-refractivity contribution in [2.45, 2.75) is 6.42 Å². The Balaban J connectivity index is 2.03. The lowest BCUT2D eigenvalue weighted by atomic mass is 10.3. The Morgan fingerprint density at radius 2 is 2.17 bits per heavy atom. The summed E-state index contributed by atoms with van der Waals surface area (Å²) >= 11 is 1.16. The molecule has 96 valence electrons. The van der Waals surface area contributed by atoms with Crippen LogP contribution in [-0.4, -0.2) is 30.1 Å². The number of hydrogen-bond acceptors (Lipinski definition) is 5. The van der Waals surface area contributed by atoms with Crippen LogP contribution in [0.1, 0.15) is 16.1 Å².